The van der Waals surface area contributed by atoms with Crippen molar-refractivity contribution in [2.24, 2.45) is 5.92 Å². The van der Waals surface area contributed by atoms with Gasteiger partial charge in [0.2, 0.25) is 5.78 Å². The fraction of sp³-hybridized carbons (Fsp3) is 0.600. The Hall–Kier alpha value is -1.73. The van der Waals surface area contributed by atoms with Crippen LogP contribution in [0.5, 0.6) is 0 Å². The number of carbonyl (C=O) groups is 1. The third kappa shape index (κ3) is 7.38. The first kappa shape index (κ1) is 26.9. The van der Waals surface area contributed by atoms with Crippen LogP contribution < -0.4 is 0 Å². The predicted octanol–water partition coefficient (Wildman–Crippen LogP) is 6.14. The van der Waals surface area contributed by atoms with E-state index >= 15 is 0 Å². The van der Waals surface area contributed by atoms with Crippen LogP contribution >= 0.6 is 0 Å². The molecular weight excluding hydrogens is 439 g/mol. The molecule has 1 aliphatic rings. The molecule has 4 rings (SSSR count). The summed E-state index contributed by atoms with van der Waals surface area (Å²) >= 11 is 2.21. The molecule has 0 spiro atoms. The number of oxazole rings is 1. The minimum atomic E-state index is -1.11. The normalized spacial score (nSPS) is 14.4. The fourth-order valence-corrected chi connectivity index (χ4v) is 4.82. The number of hydrogen-bond acceptors (Lipinski definition) is 6. The molecule has 0 aliphatic heterocycles. The van der Waals surface area contributed by atoms with Gasteiger partial charge in [-0.05, 0) is 25.0 Å². The first-order chi connectivity index (χ1) is 16.3. The number of ketones is 1. The summed E-state index contributed by atoms with van der Waals surface area (Å²) < 4.78 is 13.6. The molecule has 0 aromatic carbocycles. The van der Waals surface area contributed by atoms with Gasteiger partial charge in [-0.1, -0.05) is 32.5 Å². The summed E-state index contributed by atoms with van der Waals surface area (Å²) in [5.41, 5.74) is 1.43. The van der Waals surface area contributed by atoms with Crippen molar-refractivity contribution in [2.75, 3.05) is 6.61 Å². The van der Waals surface area contributed by atoms with Crippen molar-refractivity contribution in [3.8, 4) is 11.5 Å². The van der Waals surface area contributed by atoms with Gasteiger partial charge in [0.25, 0.3) is 5.89 Å². The summed E-state index contributed by atoms with van der Waals surface area (Å²) in [6, 6.07) is 3.08. The second kappa shape index (κ2) is 12.8. The van der Waals surface area contributed by atoms with Gasteiger partial charge in [-0.25, -0.2) is 15.0 Å². The van der Waals surface area contributed by atoms with Gasteiger partial charge in [0.1, 0.15) is 24.4 Å². The average Bonchev–Trinajstić information content (AvgIpc) is 3.58. The summed E-state index contributed by atoms with van der Waals surface area (Å²) in [6.07, 6.45) is 11.8. The molecule has 0 radical (unpaired) electrons. The van der Waals surface area contributed by atoms with Crippen molar-refractivity contribution < 1.29 is 13.9 Å². The van der Waals surface area contributed by atoms with Gasteiger partial charge >= 0.3 is 42.6 Å². The van der Waals surface area contributed by atoms with Gasteiger partial charge in [-0.3, -0.25) is 4.79 Å². The van der Waals surface area contributed by atoms with Crippen LogP contribution in [0.1, 0.15) is 56.1 Å². The number of rotatable bonds is 10. The standard InChI is InChI=1S/C21H28N4O3Si.C4H9.Li/c1-29(2,3)11-10-27-14-25-9-8-16-18(23-13-24-20(16)25)17-12-22-21(28-17)19(26)15-6-4-5-7-15;1-3-4-2;/h8-9,12-13,15H,4-7,10-11,14H2,1-3H3;1,3-4H2,2H3;. The molecular formula is C25H37LiN4O3Si. The van der Waals surface area contributed by atoms with E-state index in [2.05, 4.69) is 59.2 Å². The van der Waals surface area contributed by atoms with Gasteiger partial charge < -0.3 is 13.7 Å². The molecule has 1 fully saturated rings. The zero-order chi connectivity index (χ0) is 24.6. The minimum absolute atomic E-state index is 0.00687. The summed E-state index contributed by atoms with van der Waals surface area (Å²) in [6.45, 7) is 10.4. The Morgan fingerprint density at radius 3 is 2.65 bits per heavy atom. The van der Waals surface area contributed by atoms with E-state index < -0.39 is 8.07 Å². The molecule has 34 heavy (non-hydrogen) atoms. The molecule has 3 heterocycles. The number of Topliss-reactive ketones (excluding diaryl/α,β-unsaturated/α-hetero) is 1. The molecule has 0 saturated heterocycles. The molecule has 0 atom stereocenters. The third-order valence-corrected chi connectivity index (χ3v) is 7.87. The number of fused-ring (bicyclic) bond motifs is 1. The van der Waals surface area contributed by atoms with E-state index in [1.165, 1.54) is 24.3 Å². The quantitative estimate of drug-likeness (QED) is 0.198. The average molecular weight is 477 g/mol. The van der Waals surface area contributed by atoms with E-state index in [4.69, 9.17) is 9.15 Å². The number of nitrogens with zero attached hydrogens (tertiary/aromatic N) is 4. The molecule has 0 N–H and O–H groups in total. The van der Waals surface area contributed by atoms with Gasteiger partial charge in [0, 0.05) is 32.2 Å². The van der Waals surface area contributed by atoms with Crippen LogP contribution in [0.3, 0.4) is 0 Å². The van der Waals surface area contributed by atoms with Crippen LogP contribution in [-0.2, 0) is 11.5 Å². The van der Waals surface area contributed by atoms with Crippen molar-refractivity contribution in [3.05, 3.63) is 30.7 Å². The number of hydrogen-bond donors (Lipinski definition) is 0. The Kier molecular flexibility index (Phi) is 10.1. The van der Waals surface area contributed by atoms with E-state index in [-0.39, 0.29) is 17.6 Å². The Morgan fingerprint density at radius 1 is 1.24 bits per heavy atom. The van der Waals surface area contributed by atoms with Crippen LogP contribution in [0.2, 0.25) is 30.8 Å². The van der Waals surface area contributed by atoms with E-state index in [0.29, 0.717) is 18.2 Å². The van der Waals surface area contributed by atoms with Crippen molar-refractivity contribution in [3.63, 3.8) is 0 Å². The number of unbranched alkanes of at least 4 members (excludes halogenated alkanes) is 1. The molecule has 180 valence electrons. The second-order valence-corrected chi connectivity index (χ2v) is 15.9. The molecule has 0 amide bonds. The van der Waals surface area contributed by atoms with Crippen LogP contribution in [-0.4, -0.2) is 57.7 Å². The maximum absolute atomic E-state index is 12.6. The number of aromatic nitrogens is 4. The molecule has 9 heteroatoms. The predicted molar refractivity (Wildman–Crippen MR) is 139 cm³/mol. The monoisotopic (exact) mass is 476 g/mol. The maximum atomic E-state index is 12.6. The molecule has 0 bridgehead atoms. The van der Waals surface area contributed by atoms with Crippen LogP contribution in [0.15, 0.2) is 29.2 Å². The van der Waals surface area contributed by atoms with Crippen molar-refractivity contribution in [2.45, 2.75) is 83.0 Å². The second-order valence-electron chi connectivity index (χ2n) is 10.3. The van der Waals surface area contributed by atoms with Crippen LogP contribution in [0, 0.1) is 5.92 Å². The van der Waals surface area contributed by atoms with Crippen LogP contribution in [0.25, 0.3) is 22.5 Å². The Morgan fingerprint density at radius 2 is 2.00 bits per heavy atom. The first-order valence-corrected chi connectivity index (χ1v) is 16.4. The number of carbonyl (C=O) groups excluding carboxylic acids is 1. The molecule has 0 unspecified atom stereocenters. The Bertz CT molecular complexity index is 1050. The van der Waals surface area contributed by atoms with Crippen LogP contribution in [0.4, 0.5) is 0 Å². The topological polar surface area (TPSA) is 83.0 Å². The van der Waals surface area contributed by atoms with Crippen molar-refractivity contribution in [1.82, 2.24) is 19.5 Å². The summed E-state index contributed by atoms with van der Waals surface area (Å²) in [7, 11) is -1.11. The zero-order valence-electron chi connectivity index (χ0n) is 21.5. The van der Waals surface area contributed by atoms with E-state index in [1.807, 2.05) is 16.8 Å². The Labute approximate surface area is 213 Å². The molecule has 1 saturated carbocycles. The van der Waals surface area contributed by atoms with Gasteiger partial charge in [-0.15, -0.1) is 0 Å². The number of ether oxygens (including phenoxy) is 1. The molecule has 1 aliphatic carbocycles. The van der Waals surface area contributed by atoms with Crippen molar-refractivity contribution >= 4 is 42.6 Å². The van der Waals surface area contributed by atoms with Gasteiger partial charge in [-0.2, -0.15) is 0 Å². The fourth-order valence-electron chi connectivity index (χ4n) is 4.06. The molecule has 7 nitrogen and oxygen atoms in total. The first-order valence-electron chi connectivity index (χ1n) is 12.7. The summed E-state index contributed by atoms with van der Waals surface area (Å²) in [5, 5.41) is 2.20. The van der Waals surface area contributed by atoms with Gasteiger partial charge in [0.05, 0.1) is 6.20 Å². The summed E-state index contributed by atoms with van der Waals surface area (Å²) in [4.78, 5) is 25.6. The third-order valence-electron chi connectivity index (χ3n) is 6.17. The SMILES string of the molecule is C[Si](C)(C)CCOCn1ccc2c(-c3cnc(C(=O)C4CCCC4)o3)ncnc21.[Li][CH2]CCC. The van der Waals surface area contributed by atoms with E-state index in [1.54, 1.807) is 6.20 Å². The van der Waals surface area contributed by atoms with E-state index in [0.717, 1.165) is 49.4 Å². The van der Waals surface area contributed by atoms with E-state index in [9.17, 15) is 4.79 Å². The Balaban J connectivity index is 0.000000588. The van der Waals surface area contributed by atoms with Gasteiger partial charge in [0.15, 0.2) is 5.76 Å². The molecule has 3 aromatic heterocycles. The molecule has 3 aromatic rings. The zero-order valence-corrected chi connectivity index (χ0v) is 22.5. The summed E-state index contributed by atoms with van der Waals surface area (Å²) in [5.74, 6) is 0.734. The van der Waals surface area contributed by atoms with Crippen molar-refractivity contribution in [1.29, 1.82) is 0 Å².